The van der Waals surface area contributed by atoms with E-state index < -0.39 is 11.9 Å². The Labute approximate surface area is 92.8 Å². The van der Waals surface area contributed by atoms with E-state index in [2.05, 4.69) is 0 Å². The van der Waals surface area contributed by atoms with E-state index >= 15 is 0 Å². The van der Waals surface area contributed by atoms with Crippen LogP contribution in [0.1, 0.15) is 6.42 Å². The molecule has 0 radical (unpaired) electrons. The monoisotopic (exact) mass is 229 g/mol. The zero-order chi connectivity index (χ0) is 11.7. The second-order valence-corrected chi connectivity index (χ2v) is 4.25. The Hall–Kier alpha value is -1.14. The van der Waals surface area contributed by atoms with Crippen molar-refractivity contribution in [2.45, 2.75) is 12.5 Å². The van der Waals surface area contributed by atoms with Crippen molar-refractivity contribution < 1.29 is 24.5 Å². The molecule has 16 heavy (non-hydrogen) atoms. The fourth-order valence-corrected chi connectivity index (χ4v) is 2.01. The minimum absolute atomic E-state index is 0.114. The van der Waals surface area contributed by atoms with Crippen LogP contribution in [0.15, 0.2) is 0 Å². The van der Waals surface area contributed by atoms with Gasteiger partial charge in [-0.15, -0.1) is 0 Å². The minimum atomic E-state index is -0.898. The summed E-state index contributed by atoms with van der Waals surface area (Å²) in [4.78, 5) is 24.1. The number of carboxylic acids is 1. The van der Waals surface area contributed by atoms with E-state index in [4.69, 9.17) is 14.9 Å². The Morgan fingerprint density at radius 3 is 2.69 bits per heavy atom. The lowest BCUT2D eigenvalue weighted by Gasteiger charge is -2.32. The van der Waals surface area contributed by atoms with Crippen molar-refractivity contribution in [3.63, 3.8) is 0 Å². The summed E-state index contributed by atoms with van der Waals surface area (Å²) in [5.74, 6) is -1.89. The van der Waals surface area contributed by atoms with Crippen molar-refractivity contribution >= 4 is 11.9 Å². The Kier molecular flexibility index (Phi) is 3.11. The van der Waals surface area contributed by atoms with Crippen LogP contribution in [-0.4, -0.2) is 59.4 Å². The molecule has 0 aromatic carbocycles. The maximum Gasteiger partial charge on any atom is 0.307 e. The normalized spacial score (nSPS) is 33.6. The van der Waals surface area contributed by atoms with Gasteiger partial charge in [0.15, 0.2) is 0 Å². The van der Waals surface area contributed by atoms with Gasteiger partial charge >= 0.3 is 5.97 Å². The van der Waals surface area contributed by atoms with Gasteiger partial charge in [0, 0.05) is 13.1 Å². The summed E-state index contributed by atoms with van der Waals surface area (Å²) in [5, 5.41) is 17.7. The van der Waals surface area contributed by atoms with Crippen molar-refractivity contribution in [1.82, 2.24) is 4.90 Å². The van der Waals surface area contributed by atoms with E-state index in [9.17, 15) is 9.59 Å². The van der Waals surface area contributed by atoms with Crippen LogP contribution < -0.4 is 0 Å². The van der Waals surface area contributed by atoms with Gasteiger partial charge in [0.05, 0.1) is 31.2 Å². The predicted octanol–water partition coefficient (Wildman–Crippen LogP) is -1.07. The molecule has 0 spiro atoms. The molecule has 6 heteroatoms. The molecular formula is C10H15NO5. The number of nitrogens with zero attached hydrogens (tertiary/aromatic N) is 1. The first-order valence-corrected chi connectivity index (χ1v) is 5.37. The van der Waals surface area contributed by atoms with Gasteiger partial charge in [0.25, 0.3) is 0 Å². The summed E-state index contributed by atoms with van der Waals surface area (Å²) >= 11 is 0. The van der Waals surface area contributed by atoms with E-state index in [1.807, 2.05) is 0 Å². The van der Waals surface area contributed by atoms with Crippen LogP contribution >= 0.6 is 0 Å². The Bertz CT molecular complexity index is 306. The Morgan fingerprint density at radius 1 is 1.38 bits per heavy atom. The summed E-state index contributed by atoms with van der Waals surface area (Å²) in [5.41, 5.74) is 0. The molecule has 3 atom stereocenters. The van der Waals surface area contributed by atoms with Crippen molar-refractivity contribution in [2.75, 3.05) is 26.3 Å². The van der Waals surface area contributed by atoms with Crippen LogP contribution in [0, 0.1) is 11.8 Å². The first-order chi connectivity index (χ1) is 7.63. The number of amides is 1. The molecule has 1 aliphatic carbocycles. The summed E-state index contributed by atoms with van der Waals surface area (Å²) < 4.78 is 5.22. The first-order valence-electron chi connectivity index (χ1n) is 5.37. The third kappa shape index (κ3) is 2.17. The quantitative estimate of drug-likeness (QED) is 0.643. The van der Waals surface area contributed by atoms with Crippen LogP contribution in [0.3, 0.4) is 0 Å². The van der Waals surface area contributed by atoms with Gasteiger partial charge in [0.1, 0.15) is 0 Å². The van der Waals surface area contributed by atoms with Crippen LogP contribution in [0.2, 0.25) is 0 Å². The third-order valence-electron chi connectivity index (χ3n) is 3.08. The number of morpholine rings is 1. The maximum absolute atomic E-state index is 11.9. The van der Waals surface area contributed by atoms with Gasteiger partial charge < -0.3 is 19.8 Å². The van der Waals surface area contributed by atoms with E-state index in [-0.39, 0.29) is 24.5 Å². The average Bonchev–Trinajstić information content (AvgIpc) is 3.08. The van der Waals surface area contributed by atoms with Gasteiger partial charge in [-0.2, -0.15) is 0 Å². The smallest absolute Gasteiger partial charge is 0.307 e. The van der Waals surface area contributed by atoms with Crippen LogP contribution in [0.4, 0.5) is 0 Å². The summed E-state index contributed by atoms with van der Waals surface area (Å²) in [6, 6.07) is 0. The highest BCUT2D eigenvalue weighted by Crippen LogP contribution is 2.40. The van der Waals surface area contributed by atoms with Crippen molar-refractivity contribution in [3.8, 4) is 0 Å². The fraction of sp³-hybridized carbons (Fsp3) is 0.800. The lowest BCUT2D eigenvalue weighted by Crippen LogP contribution is -2.47. The highest BCUT2D eigenvalue weighted by atomic mass is 16.5. The number of carboxylic acid groups (broad SMARTS) is 1. The third-order valence-corrected chi connectivity index (χ3v) is 3.08. The van der Waals surface area contributed by atoms with E-state index in [0.717, 1.165) is 0 Å². The second-order valence-electron chi connectivity index (χ2n) is 4.25. The van der Waals surface area contributed by atoms with Gasteiger partial charge in [-0.3, -0.25) is 9.59 Å². The molecule has 0 bridgehead atoms. The SMILES string of the molecule is O=C(O)C1CC1C(=O)N1CCOC(CO)C1. The zero-order valence-corrected chi connectivity index (χ0v) is 8.83. The molecular weight excluding hydrogens is 214 g/mol. The van der Waals surface area contributed by atoms with Gasteiger partial charge in [-0.05, 0) is 6.42 Å². The highest BCUT2D eigenvalue weighted by Gasteiger charge is 2.50. The zero-order valence-electron chi connectivity index (χ0n) is 8.83. The maximum atomic E-state index is 11.9. The molecule has 0 aromatic heterocycles. The topological polar surface area (TPSA) is 87.1 Å². The molecule has 2 rings (SSSR count). The summed E-state index contributed by atoms with van der Waals surface area (Å²) in [7, 11) is 0. The number of hydrogen-bond acceptors (Lipinski definition) is 4. The standard InChI is InChI=1S/C10H15NO5/c12-5-6-4-11(1-2-16-6)9(13)7-3-8(7)10(14)15/h6-8,12H,1-5H2,(H,14,15). The van der Waals surface area contributed by atoms with Crippen molar-refractivity contribution in [2.24, 2.45) is 11.8 Å². The molecule has 6 nitrogen and oxygen atoms in total. The number of aliphatic carboxylic acids is 1. The molecule has 1 amide bonds. The van der Waals surface area contributed by atoms with E-state index in [0.29, 0.717) is 26.1 Å². The number of rotatable bonds is 3. The predicted molar refractivity (Wildman–Crippen MR) is 52.6 cm³/mol. The van der Waals surface area contributed by atoms with Gasteiger partial charge in [-0.1, -0.05) is 0 Å². The van der Waals surface area contributed by atoms with Crippen molar-refractivity contribution in [3.05, 3.63) is 0 Å². The fourth-order valence-electron chi connectivity index (χ4n) is 2.01. The average molecular weight is 229 g/mol. The first kappa shape index (κ1) is 11.3. The molecule has 90 valence electrons. The second kappa shape index (κ2) is 4.39. The number of aliphatic hydroxyl groups is 1. The molecule has 1 saturated carbocycles. The van der Waals surface area contributed by atoms with Gasteiger partial charge in [0.2, 0.25) is 5.91 Å². The van der Waals surface area contributed by atoms with Crippen molar-refractivity contribution in [1.29, 1.82) is 0 Å². The van der Waals surface area contributed by atoms with Crippen LogP contribution in [0.25, 0.3) is 0 Å². The molecule has 1 aliphatic heterocycles. The number of ether oxygens (including phenoxy) is 1. The number of hydrogen-bond donors (Lipinski definition) is 2. The summed E-state index contributed by atoms with van der Waals surface area (Å²) in [6.07, 6.45) is 0.106. The lowest BCUT2D eigenvalue weighted by atomic mass is 10.2. The molecule has 2 aliphatic rings. The van der Waals surface area contributed by atoms with E-state index in [1.165, 1.54) is 0 Å². The van der Waals surface area contributed by atoms with E-state index in [1.54, 1.807) is 4.90 Å². The van der Waals surface area contributed by atoms with Crippen LogP contribution in [0.5, 0.6) is 0 Å². The van der Waals surface area contributed by atoms with Crippen LogP contribution in [-0.2, 0) is 14.3 Å². The lowest BCUT2D eigenvalue weighted by molar-refractivity contribution is -0.145. The molecule has 2 N–H and O–H groups in total. The Balaban J connectivity index is 1.88. The molecule has 3 unspecified atom stereocenters. The number of carbonyl (C=O) groups excluding carboxylic acids is 1. The number of carbonyl (C=O) groups is 2. The molecule has 1 heterocycles. The minimum Gasteiger partial charge on any atom is -0.481 e. The number of aliphatic hydroxyl groups excluding tert-OH is 1. The molecule has 1 saturated heterocycles. The summed E-state index contributed by atoms with van der Waals surface area (Å²) in [6.45, 7) is 1.13. The molecule has 2 fully saturated rings. The largest absolute Gasteiger partial charge is 0.481 e. The van der Waals surface area contributed by atoms with Gasteiger partial charge in [-0.25, -0.2) is 0 Å². The highest BCUT2D eigenvalue weighted by molar-refractivity contribution is 5.89. The molecule has 0 aromatic rings. The Morgan fingerprint density at radius 2 is 2.12 bits per heavy atom.